The van der Waals surface area contributed by atoms with Crippen LogP contribution in [0, 0.1) is 12.7 Å². The van der Waals surface area contributed by atoms with Crippen LogP contribution in [0.4, 0.5) is 4.39 Å². The van der Waals surface area contributed by atoms with Crippen LogP contribution in [0.3, 0.4) is 0 Å². The molecule has 0 bridgehead atoms. The Labute approximate surface area is 118 Å². The molecule has 0 aliphatic heterocycles. The molecule has 2 aromatic rings. The molecule has 0 aromatic heterocycles. The standard InChI is InChI=1S/C16H18FNO2/c1-11-7-8-15(19-2)12(9-11)14(18)10-20-16-6-4-3-5-13(16)17/h3-9,14H,10,18H2,1-2H3. The first-order valence-corrected chi connectivity index (χ1v) is 6.39. The van der Waals surface area contributed by atoms with Gasteiger partial charge in [0, 0.05) is 5.56 Å². The van der Waals surface area contributed by atoms with E-state index < -0.39 is 5.82 Å². The molecule has 0 saturated heterocycles. The summed E-state index contributed by atoms with van der Waals surface area (Å²) in [6.07, 6.45) is 0. The van der Waals surface area contributed by atoms with Gasteiger partial charge in [-0.25, -0.2) is 4.39 Å². The zero-order valence-corrected chi connectivity index (χ0v) is 11.6. The Bertz CT molecular complexity index is 586. The van der Waals surface area contributed by atoms with Gasteiger partial charge in [0.1, 0.15) is 12.4 Å². The van der Waals surface area contributed by atoms with E-state index in [9.17, 15) is 4.39 Å². The minimum absolute atomic E-state index is 0.181. The number of hydrogen-bond acceptors (Lipinski definition) is 3. The van der Waals surface area contributed by atoms with Crippen LogP contribution >= 0.6 is 0 Å². The lowest BCUT2D eigenvalue weighted by molar-refractivity contribution is 0.274. The van der Waals surface area contributed by atoms with Crippen LogP contribution in [-0.2, 0) is 0 Å². The molecule has 0 fully saturated rings. The summed E-state index contributed by atoms with van der Waals surface area (Å²) in [6.45, 7) is 2.16. The second-order valence-corrected chi connectivity index (χ2v) is 4.59. The zero-order valence-electron chi connectivity index (χ0n) is 11.6. The molecule has 1 unspecified atom stereocenters. The Balaban J connectivity index is 2.11. The average Bonchev–Trinajstić information content (AvgIpc) is 2.46. The fourth-order valence-corrected chi connectivity index (χ4v) is 1.97. The predicted octanol–water partition coefficient (Wildman–Crippen LogP) is 3.22. The Kier molecular flexibility index (Phi) is 4.58. The van der Waals surface area contributed by atoms with Crippen molar-refractivity contribution in [1.29, 1.82) is 0 Å². The third-order valence-electron chi connectivity index (χ3n) is 3.04. The lowest BCUT2D eigenvalue weighted by Crippen LogP contribution is -2.20. The highest BCUT2D eigenvalue weighted by Gasteiger charge is 2.14. The zero-order chi connectivity index (χ0) is 14.5. The van der Waals surface area contributed by atoms with E-state index in [0.717, 1.165) is 11.1 Å². The van der Waals surface area contributed by atoms with E-state index in [1.807, 2.05) is 25.1 Å². The molecule has 2 rings (SSSR count). The van der Waals surface area contributed by atoms with Crippen molar-refractivity contribution >= 4 is 0 Å². The van der Waals surface area contributed by atoms with Crippen molar-refractivity contribution < 1.29 is 13.9 Å². The van der Waals surface area contributed by atoms with E-state index >= 15 is 0 Å². The van der Waals surface area contributed by atoms with Gasteiger partial charge in [-0.3, -0.25) is 0 Å². The number of ether oxygens (including phenoxy) is 2. The van der Waals surface area contributed by atoms with E-state index in [0.29, 0.717) is 5.75 Å². The average molecular weight is 275 g/mol. The maximum Gasteiger partial charge on any atom is 0.165 e. The Morgan fingerprint density at radius 2 is 1.90 bits per heavy atom. The van der Waals surface area contributed by atoms with E-state index in [1.165, 1.54) is 6.07 Å². The van der Waals surface area contributed by atoms with E-state index in [1.54, 1.807) is 25.3 Å². The molecule has 0 aliphatic rings. The van der Waals surface area contributed by atoms with Gasteiger partial charge in [-0.2, -0.15) is 0 Å². The summed E-state index contributed by atoms with van der Waals surface area (Å²) in [5.74, 6) is 0.519. The summed E-state index contributed by atoms with van der Waals surface area (Å²) in [5, 5.41) is 0. The van der Waals surface area contributed by atoms with Crippen LogP contribution in [0.2, 0.25) is 0 Å². The molecule has 20 heavy (non-hydrogen) atoms. The summed E-state index contributed by atoms with van der Waals surface area (Å²) < 4.78 is 24.2. The van der Waals surface area contributed by atoms with Gasteiger partial charge < -0.3 is 15.2 Å². The first-order valence-electron chi connectivity index (χ1n) is 6.39. The molecule has 2 N–H and O–H groups in total. The van der Waals surface area contributed by atoms with Crippen molar-refractivity contribution in [2.45, 2.75) is 13.0 Å². The lowest BCUT2D eigenvalue weighted by atomic mass is 10.0. The normalized spacial score (nSPS) is 12.0. The number of halogens is 1. The van der Waals surface area contributed by atoms with Crippen molar-refractivity contribution in [3.63, 3.8) is 0 Å². The third-order valence-corrected chi connectivity index (χ3v) is 3.04. The molecule has 2 aromatic carbocycles. The largest absolute Gasteiger partial charge is 0.496 e. The van der Waals surface area contributed by atoms with Crippen LogP contribution in [0.1, 0.15) is 17.2 Å². The molecular weight excluding hydrogens is 257 g/mol. The summed E-state index contributed by atoms with van der Waals surface area (Å²) >= 11 is 0. The SMILES string of the molecule is COc1ccc(C)cc1C(N)COc1ccccc1F. The molecule has 0 saturated carbocycles. The molecule has 0 aliphatic carbocycles. The number of benzene rings is 2. The van der Waals surface area contributed by atoms with Gasteiger partial charge in [-0.15, -0.1) is 0 Å². The smallest absolute Gasteiger partial charge is 0.165 e. The molecule has 0 heterocycles. The van der Waals surface area contributed by atoms with Gasteiger partial charge >= 0.3 is 0 Å². The van der Waals surface area contributed by atoms with E-state index in [2.05, 4.69) is 0 Å². The Morgan fingerprint density at radius 1 is 1.15 bits per heavy atom. The van der Waals surface area contributed by atoms with Crippen molar-refractivity contribution in [2.24, 2.45) is 5.73 Å². The first-order chi connectivity index (χ1) is 9.61. The molecule has 0 radical (unpaired) electrons. The van der Waals surface area contributed by atoms with Gasteiger partial charge in [-0.1, -0.05) is 29.8 Å². The summed E-state index contributed by atoms with van der Waals surface area (Å²) in [6, 6.07) is 11.7. The van der Waals surface area contributed by atoms with Crippen LogP contribution in [0.5, 0.6) is 11.5 Å². The maximum atomic E-state index is 13.5. The Morgan fingerprint density at radius 3 is 2.60 bits per heavy atom. The van der Waals surface area contributed by atoms with Gasteiger partial charge in [0.15, 0.2) is 11.6 Å². The lowest BCUT2D eigenvalue weighted by Gasteiger charge is -2.17. The Hall–Kier alpha value is -2.07. The second kappa shape index (κ2) is 6.39. The predicted molar refractivity (Wildman–Crippen MR) is 76.6 cm³/mol. The van der Waals surface area contributed by atoms with Crippen molar-refractivity contribution in [1.82, 2.24) is 0 Å². The van der Waals surface area contributed by atoms with Gasteiger partial charge in [-0.05, 0) is 25.1 Å². The monoisotopic (exact) mass is 275 g/mol. The molecular formula is C16H18FNO2. The topological polar surface area (TPSA) is 44.5 Å². The van der Waals surface area contributed by atoms with Gasteiger partial charge in [0.2, 0.25) is 0 Å². The van der Waals surface area contributed by atoms with Crippen LogP contribution < -0.4 is 15.2 Å². The fourth-order valence-electron chi connectivity index (χ4n) is 1.97. The highest BCUT2D eigenvalue weighted by molar-refractivity contribution is 5.39. The highest BCUT2D eigenvalue weighted by atomic mass is 19.1. The first kappa shape index (κ1) is 14.3. The molecule has 106 valence electrons. The van der Waals surface area contributed by atoms with Crippen LogP contribution in [-0.4, -0.2) is 13.7 Å². The highest BCUT2D eigenvalue weighted by Crippen LogP contribution is 2.26. The van der Waals surface area contributed by atoms with Gasteiger partial charge in [0.25, 0.3) is 0 Å². The van der Waals surface area contributed by atoms with Crippen molar-refractivity contribution in [3.05, 3.63) is 59.4 Å². The summed E-state index contributed by atoms with van der Waals surface area (Å²) in [5.41, 5.74) is 8.05. The summed E-state index contributed by atoms with van der Waals surface area (Å²) in [4.78, 5) is 0. The quantitative estimate of drug-likeness (QED) is 0.911. The number of methoxy groups -OCH3 is 1. The number of nitrogens with two attached hydrogens (primary N) is 1. The fraction of sp³-hybridized carbons (Fsp3) is 0.250. The third kappa shape index (κ3) is 3.27. The summed E-state index contributed by atoms with van der Waals surface area (Å²) in [7, 11) is 1.60. The van der Waals surface area contributed by atoms with Crippen LogP contribution in [0.15, 0.2) is 42.5 Å². The van der Waals surface area contributed by atoms with Crippen molar-refractivity contribution in [3.8, 4) is 11.5 Å². The minimum atomic E-state index is -0.393. The number of hydrogen-bond donors (Lipinski definition) is 1. The number of para-hydroxylation sites is 1. The number of aryl methyl sites for hydroxylation is 1. The molecule has 3 nitrogen and oxygen atoms in total. The second-order valence-electron chi connectivity index (χ2n) is 4.59. The maximum absolute atomic E-state index is 13.5. The van der Waals surface area contributed by atoms with Crippen LogP contribution in [0.25, 0.3) is 0 Å². The number of rotatable bonds is 5. The van der Waals surface area contributed by atoms with Gasteiger partial charge in [0.05, 0.1) is 13.2 Å². The molecule has 0 amide bonds. The molecule has 4 heteroatoms. The molecule has 1 atom stereocenters. The van der Waals surface area contributed by atoms with Crippen molar-refractivity contribution in [2.75, 3.05) is 13.7 Å². The van der Waals surface area contributed by atoms with E-state index in [4.69, 9.17) is 15.2 Å². The minimum Gasteiger partial charge on any atom is -0.496 e. The molecule has 0 spiro atoms. The van der Waals surface area contributed by atoms with E-state index in [-0.39, 0.29) is 18.4 Å².